The molecule has 8 heteroatoms. The number of ether oxygens (including phenoxy) is 2. The van der Waals surface area contributed by atoms with Crippen LogP contribution < -0.4 is 19.3 Å². The second-order valence-corrected chi connectivity index (χ2v) is 7.94. The number of carbonyl (C=O) groups is 1. The predicted octanol–water partition coefficient (Wildman–Crippen LogP) is 1.96. The average Bonchev–Trinajstić information content (AvgIpc) is 2.84. The number of anilines is 2. The number of aromatic nitrogens is 2. The number of fused-ring (bicyclic) bond motifs is 1. The molecular weight excluding hydrogens is 382 g/mol. The van der Waals surface area contributed by atoms with Gasteiger partial charge in [-0.05, 0) is 37.5 Å². The van der Waals surface area contributed by atoms with E-state index in [4.69, 9.17) is 14.5 Å². The van der Waals surface area contributed by atoms with Crippen LogP contribution >= 0.6 is 0 Å². The van der Waals surface area contributed by atoms with Crippen molar-refractivity contribution in [3.8, 4) is 11.5 Å². The van der Waals surface area contributed by atoms with Crippen molar-refractivity contribution >= 4 is 17.7 Å². The first kappa shape index (κ1) is 19.0. The van der Waals surface area contributed by atoms with Crippen molar-refractivity contribution in [2.75, 3.05) is 55.7 Å². The summed E-state index contributed by atoms with van der Waals surface area (Å²) < 4.78 is 11.6. The van der Waals surface area contributed by atoms with E-state index >= 15 is 0 Å². The highest BCUT2D eigenvalue weighted by Gasteiger charge is 2.33. The van der Waals surface area contributed by atoms with Gasteiger partial charge in [0.2, 0.25) is 12.1 Å². The topological polar surface area (TPSA) is 71.0 Å². The number of carbonyl (C=O) groups excluding carboxylic acids is 1. The number of para-hydroxylation sites is 2. The van der Waals surface area contributed by atoms with E-state index in [1.807, 2.05) is 41.4 Å². The minimum Gasteiger partial charge on any atom is -0.485 e. The Balaban J connectivity index is 1.19. The van der Waals surface area contributed by atoms with Crippen molar-refractivity contribution in [3.05, 3.63) is 36.5 Å². The number of hydrogen-bond acceptors (Lipinski definition) is 7. The molecule has 0 aliphatic carbocycles. The quantitative estimate of drug-likeness (QED) is 0.767. The molecular formula is C22H27N5O3. The van der Waals surface area contributed by atoms with Crippen LogP contribution in [0.1, 0.15) is 19.3 Å². The van der Waals surface area contributed by atoms with Crippen LogP contribution in [0.4, 0.5) is 11.8 Å². The van der Waals surface area contributed by atoms with E-state index in [0.29, 0.717) is 24.6 Å². The van der Waals surface area contributed by atoms with Gasteiger partial charge in [0.25, 0.3) is 5.91 Å². The maximum atomic E-state index is 12.9. The largest absolute Gasteiger partial charge is 0.485 e. The number of piperidine rings is 1. The minimum atomic E-state index is -0.587. The molecule has 2 aromatic rings. The van der Waals surface area contributed by atoms with E-state index < -0.39 is 6.10 Å². The first-order valence-corrected chi connectivity index (χ1v) is 10.8. The molecule has 0 saturated carbocycles. The van der Waals surface area contributed by atoms with Crippen molar-refractivity contribution < 1.29 is 14.3 Å². The third-order valence-corrected chi connectivity index (χ3v) is 5.97. The molecule has 1 unspecified atom stereocenters. The molecule has 158 valence electrons. The molecule has 0 bridgehead atoms. The van der Waals surface area contributed by atoms with Crippen molar-refractivity contribution in [1.82, 2.24) is 14.9 Å². The molecule has 30 heavy (non-hydrogen) atoms. The fourth-order valence-electron chi connectivity index (χ4n) is 4.26. The summed E-state index contributed by atoms with van der Waals surface area (Å²) in [5.74, 6) is 3.06. The first-order chi connectivity index (χ1) is 14.8. The molecule has 1 amide bonds. The third kappa shape index (κ3) is 3.86. The Morgan fingerprint density at radius 2 is 1.67 bits per heavy atom. The molecule has 5 rings (SSSR count). The van der Waals surface area contributed by atoms with Gasteiger partial charge in [-0.25, -0.2) is 4.98 Å². The molecule has 2 fully saturated rings. The lowest BCUT2D eigenvalue weighted by molar-refractivity contribution is -0.141. The SMILES string of the molecule is O=C(C1COc2ccccc2O1)N1CCN(c2ccnc(N3CCCCC3)n2)CC1. The monoisotopic (exact) mass is 409 g/mol. The Bertz CT molecular complexity index is 894. The number of hydrogen-bond donors (Lipinski definition) is 0. The van der Waals surface area contributed by atoms with Crippen LogP contribution in [0.2, 0.25) is 0 Å². The Morgan fingerprint density at radius 1 is 0.900 bits per heavy atom. The fraction of sp³-hybridized carbons (Fsp3) is 0.500. The average molecular weight is 409 g/mol. The van der Waals surface area contributed by atoms with Gasteiger partial charge >= 0.3 is 0 Å². The third-order valence-electron chi connectivity index (χ3n) is 5.97. The molecule has 1 atom stereocenters. The molecule has 0 spiro atoms. The number of benzene rings is 1. The highest BCUT2D eigenvalue weighted by atomic mass is 16.6. The molecule has 8 nitrogen and oxygen atoms in total. The lowest BCUT2D eigenvalue weighted by atomic mass is 10.1. The number of piperazine rings is 1. The van der Waals surface area contributed by atoms with Crippen LogP contribution in [0.15, 0.2) is 36.5 Å². The zero-order chi connectivity index (χ0) is 20.3. The predicted molar refractivity (Wildman–Crippen MR) is 113 cm³/mol. The minimum absolute atomic E-state index is 0.0131. The number of amides is 1. The Kier molecular flexibility index (Phi) is 5.29. The second-order valence-electron chi connectivity index (χ2n) is 7.94. The summed E-state index contributed by atoms with van der Waals surface area (Å²) in [7, 11) is 0. The van der Waals surface area contributed by atoms with E-state index in [9.17, 15) is 4.79 Å². The van der Waals surface area contributed by atoms with Crippen LogP contribution in [-0.2, 0) is 4.79 Å². The van der Waals surface area contributed by atoms with Crippen LogP contribution in [-0.4, -0.2) is 72.8 Å². The van der Waals surface area contributed by atoms with Crippen LogP contribution in [0, 0.1) is 0 Å². The zero-order valence-corrected chi connectivity index (χ0v) is 17.1. The Hall–Kier alpha value is -3.03. The van der Waals surface area contributed by atoms with Crippen LogP contribution in [0.25, 0.3) is 0 Å². The summed E-state index contributed by atoms with van der Waals surface area (Å²) in [4.78, 5) is 28.6. The summed E-state index contributed by atoms with van der Waals surface area (Å²) in [5, 5.41) is 0. The first-order valence-electron chi connectivity index (χ1n) is 10.8. The summed E-state index contributed by atoms with van der Waals surface area (Å²) in [6.45, 7) is 5.07. The summed E-state index contributed by atoms with van der Waals surface area (Å²) in [6.07, 6.45) is 4.94. The van der Waals surface area contributed by atoms with Crippen LogP contribution in [0.5, 0.6) is 11.5 Å². The van der Waals surface area contributed by atoms with Crippen molar-refractivity contribution in [3.63, 3.8) is 0 Å². The number of nitrogens with zero attached hydrogens (tertiary/aromatic N) is 5. The molecule has 3 aliphatic rings. The highest BCUT2D eigenvalue weighted by molar-refractivity contribution is 5.82. The second kappa shape index (κ2) is 8.38. The highest BCUT2D eigenvalue weighted by Crippen LogP contribution is 2.31. The molecule has 0 N–H and O–H groups in total. The van der Waals surface area contributed by atoms with Gasteiger partial charge in [-0.1, -0.05) is 12.1 Å². The van der Waals surface area contributed by atoms with E-state index in [1.54, 1.807) is 0 Å². The molecule has 0 radical (unpaired) electrons. The summed E-state index contributed by atoms with van der Waals surface area (Å²) >= 11 is 0. The lowest BCUT2D eigenvalue weighted by Crippen LogP contribution is -2.54. The molecule has 1 aromatic heterocycles. The molecule has 2 saturated heterocycles. The van der Waals surface area contributed by atoms with Crippen molar-refractivity contribution in [2.24, 2.45) is 0 Å². The zero-order valence-electron chi connectivity index (χ0n) is 17.1. The van der Waals surface area contributed by atoms with Crippen molar-refractivity contribution in [2.45, 2.75) is 25.4 Å². The molecule has 4 heterocycles. The fourth-order valence-corrected chi connectivity index (χ4v) is 4.26. The van der Waals surface area contributed by atoms with E-state index in [-0.39, 0.29) is 12.5 Å². The van der Waals surface area contributed by atoms with Gasteiger partial charge in [-0.2, -0.15) is 4.98 Å². The Morgan fingerprint density at radius 3 is 2.47 bits per heavy atom. The van der Waals surface area contributed by atoms with Crippen molar-refractivity contribution in [1.29, 1.82) is 0 Å². The van der Waals surface area contributed by atoms with Gasteiger partial charge in [-0.15, -0.1) is 0 Å². The van der Waals surface area contributed by atoms with E-state index in [0.717, 1.165) is 37.9 Å². The smallest absolute Gasteiger partial charge is 0.267 e. The summed E-state index contributed by atoms with van der Waals surface area (Å²) in [5.41, 5.74) is 0. The van der Waals surface area contributed by atoms with Gasteiger partial charge < -0.3 is 24.2 Å². The molecule has 3 aliphatic heterocycles. The maximum Gasteiger partial charge on any atom is 0.267 e. The van der Waals surface area contributed by atoms with Gasteiger partial charge in [-0.3, -0.25) is 4.79 Å². The van der Waals surface area contributed by atoms with Gasteiger partial charge in [0.05, 0.1) is 0 Å². The maximum absolute atomic E-state index is 12.9. The van der Waals surface area contributed by atoms with Gasteiger partial charge in [0.15, 0.2) is 11.5 Å². The number of rotatable bonds is 3. The lowest BCUT2D eigenvalue weighted by Gasteiger charge is -2.37. The summed E-state index contributed by atoms with van der Waals surface area (Å²) in [6, 6.07) is 9.43. The Labute approximate surface area is 176 Å². The molecule has 1 aromatic carbocycles. The van der Waals surface area contributed by atoms with E-state index in [1.165, 1.54) is 19.3 Å². The normalized spacial score (nSPS) is 21.5. The van der Waals surface area contributed by atoms with Gasteiger partial charge in [0, 0.05) is 45.5 Å². The standard InChI is InChI=1S/C22H27N5O3/c28-21(19-16-29-17-6-2-3-7-18(17)30-19)26-14-12-25(13-15-26)20-8-9-23-22(24-20)27-10-4-1-5-11-27/h2-3,6-9,19H,1,4-5,10-16H2. The van der Waals surface area contributed by atoms with E-state index in [2.05, 4.69) is 14.8 Å². The van der Waals surface area contributed by atoms with Gasteiger partial charge in [0.1, 0.15) is 12.4 Å². The van der Waals surface area contributed by atoms with Crippen LogP contribution in [0.3, 0.4) is 0 Å².